The van der Waals surface area contributed by atoms with E-state index in [1.54, 1.807) is 0 Å². The molecule has 142 valence electrons. The van der Waals surface area contributed by atoms with Gasteiger partial charge in [0.15, 0.2) is 0 Å². The van der Waals surface area contributed by atoms with E-state index < -0.39 is 0 Å². The monoisotopic (exact) mass is 369 g/mol. The van der Waals surface area contributed by atoms with Crippen LogP contribution in [-0.4, -0.2) is 23.0 Å². The quantitative estimate of drug-likeness (QED) is 0.457. The minimum atomic E-state index is 0.816. The van der Waals surface area contributed by atoms with Crippen molar-refractivity contribution in [1.29, 1.82) is 0 Å². The fraction of sp³-hybridized carbons (Fsp3) is 0.280. The van der Waals surface area contributed by atoms with E-state index in [2.05, 4.69) is 81.9 Å². The van der Waals surface area contributed by atoms with Gasteiger partial charge in [-0.25, -0.2) is 0 Å². The van der Waals surface area contributed by atoms with Crippen molar-refractivity contribution >= 4 is 27.4 Å². The lowest BCUT2D eigenvalue weighted by molar-refractivity contribution is 0.221. The predicted octanol–water partition coefficient (Wildman–Crippen LogP) is 5.92. The molecular weight excluding hydrogens is 342 g/mol. The summed E-state index contributed by atoms with van der Waals surface area (Å²) in [5.74, 6) is 0. The first-order valence-corrected chi connectivity index (χ1v) is 10.4. The molecule has 3 nitrogen and oxygen atoms in total. The summed E-state index contributed by atoms with van der Waals surface area (Å²) >= 11 is 0. The van der Waals surface area contributed by atoms with Crippen LogP contribution in [0.15, 0.2) is 66.7 Å². The van der Waals surface area contributed by atoms with Gasteiger partial charge in [0.2, 0.25) is 0 Å². The van der Waals surface area contributed by atoms with Crippen LogP contribution in [0.1, 0.15) is 30.5 Å². The Kier molecular flexibility index (Phi) is 4.76. The average Bonchev–Trinajstić information content (AvgIpc) is 3.10. The number of nitrogens with zero attached hydrogens (tertiary/aromatic N) is 1. The highest BCUT2D eigenvalue weighted by Gasteiger charge is 2.16. The molecule has 0 saturated carbocycles. The lowest BCUT2D eigenvalue weighted by atomic mass is 10.1. The first-order valence-electron chi connectivity index (χ1n) is 10.4. The molecule has 0 radical (unpaired) electrons. The number of aromatic nitrogens is 1. The molecule has 28 heavy (non-hydrogen) atoms. The molecule has 4 aromatic rings. The Balaban J connectivity index is 1.41. The van der Waals surface area contributed by atoms with Crippen LogP contribution in [0.4, 0.5) is 5.69 Å². The molecule has 3 aromatic carbocycles. The molecule has 1 aromatic heterocycles. The summed E-state index contributed by atoms with van der Waals surface area (Å²) < 4.78 is 0. The Morgan fingerprint density at radius 3 is 2.50 bits per heavy atom. The van der Waals surface area contributed by atoms with E-state index in [0.29, 0.717) is 0 Å². The lowest BCUT2D eigenvalue weighted by Crippen LogP contribution is -2.29. The van der Waals surface area contributed by atoms with Gasteiger partial charge >= 0.3 is 0 Å². The Bertz CT molecular complexity index is 1090. The Morgan fingerprint density at radius 1 is 0.821 bits per heavy atom. The van der Waals surface area contributed by atoms with Crippen molar-refractivity contribution < 1.29 is 0 Å². The molecule has 0 aliphatic carbocycles. The first-order chi connectivity index (χ1) is 13.9. The molecule has 1 aliphatic rings. The van der Waals surface area contributed by atoms with Crippen molar-refractivity contribution in [1.82, 2.24) is 9.88 Å². The third kappa shape index (κ3) is 3.50. The molecule has 5 rings (SSSR count). The Morgan fingerprint density at radius 2 is 1.61 bits per heavy atom. The van der Waals surface area contributed by atoms with Crippen molar-refractivity contribution in [3.63, 3.8) is 0 Å². The van der Waals surface area contributed by atoms with E-state index >= 15 is 0 Å². The van der Waals surface area contributed by atoms with Crippen LogP contribution in [0.5, 0.6) is 0 Å². The summed E-state index contributed by atoms with van der Waals surface area (Å²) in [6, 6.07) is 23.8. The van der Waals surface area contributed by atoms with E-state index in [0.717, 1.165) is 13.1 Å². The highest BCUT2D eigenvalue weighted by molar-refractivity contribution is 5.86. The average molecular weight is 370 g/mol. The van der Waals surface area contributed by atoms with Gasteiger partial charge in [0.05, 0.1) is 6.54 Å². The highest BCUT2D eigenvalue weighted by Crippen LogP contribution is 2.26. The van der Waals surface area contributed by atoms with E-state index in [4.69, 9.17) is 0 Å². The highest BCUT2D eigenvalue weighted by atomic mass is 15.1. The zero-order valence-corrected chi connectivity index (χ0v) is 16.2. The largest absolute Gasteiger partial charge is 0.379 e. The second kappa shape index (κ2) is 7.69. The zero-order valence-electron chi connectivity index (χ0n) is 16.2. The minimum absolute atomic E-state index is 0.816. The number of piperidine rings is 1. The topological polar surface area (TPSA) is 31.1 Å². The predicted molar refractivity (Wildman–Crippen MR) is 119 cm³/mol. The molecule has 0 amide bonds. The van der Waals surface area contributed by atoms with E-state index in [-0.39, 0.29) is 0 Å². The number of anilines is 1. The number of benzene rings is 3. The third-order valence-corrected chi connectivity index (χ3v) is 5.95. The Hall–Kier alpha value is -2.78. The first kappa shape index (κ1) is 17.3. The van der Waals surface area contributed by atoms with Crippen molar-refractivity contribution in [2.24, 2.45) is 0 Å². The summed E-state index contributed by atoms with van der Waals surface area (Å²) in [4.78, 5) is 6.28. The van der Waals surface area contributed by atoms with Gasteiger partial charge in [-0.1, -0.05) is 55.0 Å². The molecule has 3 heteroatoms. The number of para-hydroxylation sites is 1. The molecule has 0 bridgehead atoms. The third-order valence-electron chi connectivity index (χ3n) is 5.95. The van der Waals surface area contributed by atoms with Gasteiger partial charge in [0.25, 0.3) is 0 Å². The standard InChI is InChI=1S/C25H27N3/c1-6-14-28(15-7-1)18-23-22-10-4-5-11-24(22)27-25(23)17-26-21-13-12-19-8-2-3-9-20(19)16-21/h2-5,8-13,16,26-27H,1,6-7,14-15,17-18H2. The van der Waals surface area contributed by atoms with Crippen LogP contribution in [-0.2, 0) is 13.1 Å². The summed E-state index contributed by atoms with van der Waals surface area (Å²) in [6.07, 6.45) is 4.03. The number of H-pyrrole nitrogens is 1. The minimum Gasteiger partial charge on any atom is -0.379 e. The van der Waals surface area contributed by atoms with Crippen LogP contribution >= 0.6 is 0 Å². The molecular formula is C25H27N3. The molecule has 0 unspecified atom stereocenters. The van der Waals surface area contributed by atoms with Crippen LogP contribution in [0.3, 0.4) is 0 Å². The van der Waals surface area contributed by atoms with Gasteiger partial charge in [-0.3, -0.25) is 4.90 Å². The SMILES string of the molecule is c1ccc2cc(NCc3[nH]c4ccccc4c3CN3CCCCC3)ccc2c1. The van der Waals surface area contributed by atoms with Gasteiger partial charge in [0.1, 0.15) is 0 Å². The normalized spacial score (nSPS) is 15.3. The molecule has 0 spiro atoms. The second-order valence-electron chi connectivity index (χ2n) is 7.88. The molecule has 0 atom stereocenters. The fourth-order valence-corrected chi connectivity index (χ4v) is 4.42. The van der Waals surface area contributed by atoms with Gasteiger partial charge in [-0.2, -0.15) is 0 Å². The zero-order chi connectivity index (χ0) is 18.8. The smallest absolute Gasteiger partial charge is 0.0554 e. The maximum absolute atomic E-state index is 3.67. The van der Waals surface area contributed by atoms with Gasteiger partial charge in [0, 0.05) is 28.8 Å². The number of aromatic amines is 1. The molecule has 1 saturated heterocycles. The lowest BCUT2D eigenvalue weighted by Gasteiger charge is -2.26. The van der Waals surface area contributed by atoms with Gasteiger partial charge < -0.3 is 10.3 Å². The summed E-state index contributed by atoms with van der Waals surface area (Å²) in [7, 11) is 0. The summed E-state index contributed by atoms with van der Waals surface area (Å²) in [5, 5.41) is 7.56. The van der Waals surface area contributed by atoms with Crippen LogP contribution in [0, 0.1) is 0 Å². The summed E-state index contributed by atoms with van der Waals surface area (Å²) in [5.41, 5.74) is 5.16. The Labute approximate surface area is 166 Å². The van der Waals surface area contributed by atoms with Crippen LogP contribution < -0.4 is 5.32 Å². The van der Waals surface area contributed by atoms with Gasteiger partial charge in [-0.05, 0) is 60.5 Å². The van der Waals surface area contributed by atoms with Gasteiger partial charge in [-0.15, -0.1) is 0 Å². The number of nitrogens with one attached hydrogen (secondary N) is 2. The van der Waals surface area contributed by atoms with E-state index in [9.17, 15) is 0 Å². The molecule has 2 N–H and O–H groups in total. The van der Waals surface area contributed by atoms with Crippen molar-refractivity contribution in [3.8, 4) is 0 Å². The number of fused-ring (bicyclic) bond motifs is 2. The maximum Gasteiger partial charge on any atom is 0.0554 e. The van der Waals surface area contributed by atoms with Crippen LogP contribution in [0.25, 0.3) is 21.7 Å². The number of hydrogen-bond donors (Lipinski definition) is 2. The summed E-state index contributed by atoms with van der Waals surface area (Å²) in [6.45, 7) is 4.29. The number of hydrogen-bond acceptors (Lipinski definition) is 2. The number of rotatable bonds is 5. The van der Waals surface area contributed by atoms with E-state index in [1.807, 2.05) is 0 Å². The second-order valence-corrected chi connectivity index (χ2v) is 7.88. The molecule has 1 fully saturated rings. The fourth-order valence-electron chi connectivity index (χ4n) is 4.42. The van der Waals surface area contributed by atoms with Crippen molar-refractivity contribution in [3.05, 3.63) is 78.0 Å². The molecule has 2 heterocycles. The number of likely N-dealkylation sites (tertiary alicyclic amines) is 1. The molecule has 1 aliphatic heterocycles. The van der Waals surface area contributed by atoms with Crippen molar-refractivity contribution in [2.75, 3.05) is 18.4 Å². The van der Waals surface area contributed by atoms with E-state index in [1.165, 1.54) is 71.0 Å². The van der Waals surface area contributed by atoms with Crippen molar-refractivity contribution in [2.45, 2.75) is 32.4 Å². The van der Waals surface area contributed by atoms with Crippen LogP contribution in [0.2, 0.25) is 0 Å². The maximum atomic E-state index is 3.67.